The molecule has 1 saturated heterocycles. The van der Waals surface area contributed by atoms with E-state index in [1.54, 1.807) is 16.9 Å². The molecule has 2 aliphatic heterocycles. The number of carbonyl (C=O) groups is 2. The van der Waals surface area contributed by atoms with E-state index in [1.807, 2.05) is 32.0 Å². The number of carbonyl (C=O) groups excluding carboxylic acids is 2. The minimum Gasteiger partial charge on any atom is -0.493 e. The second-order valence-corrected chi connectivity index (χ2v) is 6.98. The van der Waals surface area contributed by atoms with Gasteiger partial charge >= 0.3 is 6.09 Å². The first-order chi connectivity index (χ1) is 12.5. The third kappa shape index (κ3) is 3.71. The molecule has 2 heterocycles. The van der Waals surface area contributed by atoms with E-state index in [9.17, 15) is 9.59 Å². The summed E-state index contributed by atoms with van der Waals surface area (Å²) in [5, 5.41) is 0. The lowest BCUT2D eigenvalue weighted by molar-refractivity contribution is -0.133. The fourth-order valence-electron chi connectivity index (χ4n) is 3.38. The van der Waals surface area contributed by atoms with E-state index in [1.165, 1.54) is 0 Å². The number of hydrogen-bond acceptors (Lipinski definition) is 5. The zero-order chi connectivity index (χ0) is 18.7. The van der Waals surface area contributed by atoms with Crippen LogP contribution in [0.25, 0.3) is 0 Å². The Morgan fingerprint density at radius 1 is 1.35 bits per heavy atom. The summed E-state index contributed by atoms with van der Waals surface area (Å²) in [5.41, 5.74) is 0.904. The van der Waals surface area contributed by atoms with Crippen LogP contribution in [-0.4, -0.2) is 61.3 Å². The van der Waals surface area contributed by atoms with Gasteiger partial charge in [-0.3, -0.25) is 9.69 Å². The molecular formula is C19H26N2O5. The molecule has 0 saturated carbocycles. The molecule has 1 atom stereocenters. The number of benzene rings is 1. The van der Waals surface area contributed by atoms with E-state index in [4.69, 9.17) is 14.2 Å². The van der Waals surface area contributed by atoms with Crippen molar-refractivity contribution >= 4 is 12.0 Å². The molecule has 2 amide bonds. The quantitative estimate of drug-likeness (QED) is 0.822. The first-order valence-corrected chi connectivity index (χ1v) is 9.01. The normalized spacial score (nSPS) is 20.2. The van der Waals surface area contributed by atoms with Crippen molar-refractivity contribution < 1.29 is 23.8 Å². The number of methoxy groups -OCH3 is 1. The molecule has 1 aromatic carbocycles. The Morgan fingerprint density at radius 3 is 2.88 bits per heavy atom. The highest BCUT2D eigenvalue weighted by molar-refractivity contribution is 5.83. The summed E-state index contributed by atoms with van der Waals surface area (Å²) in [4.78, 5) is 28.2. The van der Waals surface area contributed by atoms with Gasteiger partial charge in [-0.25, -0.2) is 4.79 Å². The molecule has 0 spiro atoms. The Balaban J connectivity index is 1.75. The number of amides is 2. The van der Waals surface area contributed by atoms with E-state index in [0.29, 0.717) is 37.8 Å². The number of nitrogens with zero attached hydrogens (tertiary/aromatic N) is 2. The molecule has 1 fully saturated rings. The highest BCUT2D eigenvalue weighted by Gasteiger charge is 2.37. The maximum atomic E-state index is 12.9. The predicted molar refractivity (Wildman–Crippen MR) is 95.2 cm³/mol. The Morgan fingerprint density at radius 2 is 2.15 bits per heavy atom. The lowest BCUT2D eigenvalue weighted by atomic mass is 10.0. The molecule has 142 valence electrons. The zero-order valence-corrected chi connectivity index (χ0v) is 15.6. The molecule has 0 N–H and O–H groups in total. The molecule has 0 aromatic heterocycles. The smallest absolute Gasteiger partial charge is 0.410 e. The molecule has 1 unspecified atom stereocenters. The van der Waals surface area contributed by atoms with E-state index in [2.05, 4.69) is 0 Å². The van der Waals surface area contributed by atoms with Crippen LogP contribution in [0, 0.1) is 5.92 Å². The van der Waals surface area contributed by atoms with Crippen molar-refractivity contribution in [1.29, 1.82) is 0 Å². The summed E-state index contributed by atoms with van der Waals surface area (Å²) >= 11 is 0. The fourth-order valence-corrected chi connectivity index (χ4v) is 3.38. The van der Waals surface area contributed by atoms with Gasteiger partial charge in [-0.05, 0) is 18.4 Å². The molecule has 0 radical (unpaired) electrons. The fraction of sp³-hybridized carbons (Fsp3) is 0.579. The lowest BCUT2D eigenvalue weighted by Gasteiger charge is -2.30. The molecule has 0 bridgehead atoms. The summed E-state index contributed by atoms with van der Waals surface area (Å²) in [6, 6.07) is 5.61. The van der Waals surface area contributed by atoms with Crippen molar-refractivity contribution in [3.63, 3.8) is 0 Å². The van der Waals surface area contributed by atoms with E-state index >= 15 is 0 Å². The van der Waals surface area contributed by atoms with Crippen molar-refractivity contribution in [3.8, 4) is 11.5 Å². The van der Waals surface area contributed by atoms with Crippen LogP contribution < -0.4 is 9.47 Å². The molecule has 1 aromatic rings. The topological polar surface area (TPSA) is 68.3 Å². The second-order valence-electron chi connectivity index (χ2n) is 6.98. The van der Waals surface area contributed by atoms with Crippen LogP contribution in [0.1, 0.15) is 25.8 Å². The van der Waals surface area contributed by atoms with Crippen molar-refractivity contribution in [3.05, 3.63) is 23.8 Å². The summed E-state index contributed by atoms with van der Waals surface area (Å²) < 4.78 is 16.3. The largest absolute Gasteiger partial charge is 0.493 e. The highest BCUT2D eigenvalue weighted by Crippen LogP contribution is 2.33. The number of cyclic esters (lactones) is 1. The van der Waals surface area contributed by atoms with Crippen molar-refractivity contribution in [1.82, 2.24) is 9.80 Å². The van der Waals surface area contributed by atoms with Gasteiger partial charge in [0.15, 0.2) is 11.5 Å². The van der Waals surface area contributed by atoms with Crippen LogP contribution in [0.2, 0.25) is 0 Å². The maximum Gasteiger partial charge on any atom is 0.410 e. The minimum absolute atomic E-state index is 0.0435. The van der Waals surface area contributed by atoms with Gasteiger partial charge in [0.1, 0.15) is 13.2 Å². The Kier molecular flexibility index (Phi) is 5.54. The second kappa shape index (κ2) is 7.85. The van der Waals surface area contributed by atoms with Crippen LogP contribution in [-0.2, 0) is 16.1 Å². The Bertz CT molecular complexity index is 676. The molecular weight excluding hydrogens is 336 g/mol. The van der Waals surface area contributed by atoms with Gasteiger partial charge in [0.2, 0.25) is 5.91 Å². The summed E-state index contributed by atoms with van der Waals surface area (Å²) in [6.45, 7) is 5.97. The van der Waals surface area contributed by atoms with Gasteiger partial charge in [-0.15, -0.1) is 0 Å². The summed E-state index contributed by atoms with van der Waals surface area (Å²) in [7, 11) is 1.60. The van der Waals surface area contributed by atoms with Gasteiger partial charge in [-0.1, -0.05) is 26.0 Å². The zero-order valence-electron chi connectivity index (χ0n) is 15.6. The number of para-hydroxylation sites is 1. The van der Waals surface area contributed by atoms with E-state index in [-0.39, 0.29) is 24.4 Å². The Labute approximate surface area is 153 Å². The first-order valence-electron chi connectivity index (χ1n) is 9.01. The molecule has 7 heteroatoms. The van der Waals surface area contributed by atoms with Crippen LogP contribution in [0.3, 0.4) is 0 Å². The number of hydrogen-bond donors (Lipinski definition) is 0. The van der Waals surface area contributed by atoms with E-state index < -0.39 is 6.09 Å². The molecule has 7 nitrogen and oxygen atoms in total. The number of ether oxygens (including phenoxy) is 3. The number of rotatable bonds is 4. The van der Waals surface area contributed by atoms with Crippen LogP contribution in [0.15, 0.2) is 18.2 Å². The van der Waals surface area contributed by atoms with Crippen molar-refractivity contribution in [2.75, 3.05) is 33.4 Å². The molecule has 0 aliphatic carbocycles. The SMILES string of the molecule is COc1cccc2c1OCCCN(C(=O)CN1C(=O)OCC1C(C)C)C2. The van der Waals surface area contributed by atoms with Gasteiger partial charge in [0.25, 0.3) is 0 Å². The van der Waals surface area contributed by atoms with Gasteiger partial charge in [-0.2, -0.15) is 0 Å². The van der Waals surface area contributed by atoms with Crippen LogP contribution in [0.5, 0.6) is 11.5 Å². The van der Waals surface area contributed by atoms with Crippen LogP contribution >= 0.6 is 0 Å². The third-order valence-electron chi connectivity index (χ3n) is 4.90. The van der Waals surface area contributed by atoms with Gasteiger partial charge in [0, 0.05) is 18.7 Å². The lowest BCUT2D eigenvalue weighted by Crippen LogP contribution is -2.46. The monoisotopic (exact) mass is 362 g/mol. The first kappa shape index (κ1) is 18.4. The third-order valence-corrected chi connectivity index (χ3v) is 4.90. The van der Waals surface area contributed by atoms with E-state index in [0.717, 1.165) is 12.0 Å². The highest BCUT2D eigenvalue weighted by atomic mass is 16.6. The Hall–Kier alpha value is -2.44. The van der Waals surface area contributed by atoms with Gasteiger partial charge in [0.05, 0.1) is 19.8 Å². The molecule has 3 rings (SSSR count). The minimum atomic E-state index is -0.408. The predicted octanol–water partition coefficient (Wildman–Crippen LogP) is 2.28. The van der Waals surface area contributed by atoms with Crippen molar-refractivity contribution in [2.24, 2.45) is 5.92 Å². The summed E-state index contributed by atoms with van der Waals surface area (Å²) in [5.74, 6) is 1.51. The average molecular weight is 362 g/mol. The average Bonchev–Trinajstić information content (AvgIpc) is 2.95. The maximum absolute atomic E-state index is 12.9. The molecule has 26 heavy (non-hydrogen) atoms. The molecule has 2 aliphatic rings. The van der Waals surface area contributed by atoms with Gasteiger partial charge < -0.3 is 19.1 Å². The number of fused-ring (bicyclic) bond motifs is 1. The summed E-state index contributed by atoms with van der Waals surface area (Å²) in [6.07, 6.45) is 0.316. The standard InChI is InChI=1S/C19H26N2O5/c1-13(2)15-12-26-19(23)21(15)11-17(22)20-8-5-9-25-18-14(10-20)6-4-7-16(18)24-3/h4,6-7,13,15H,5,8-12H2,1-3H3. The van der Waals surface area contributed by atoms with Crippen molar-refractivity contribution in [2.45, 2.75) is 32.9 Å². The van der Waals surface area contributed by atoms with Crippen LogP contribution in [0.4, 0.5) is 4.79 Å².